The summed E-state index contributed by atoms with van der Waals surface area (Å²) in [6.07, 6.45) is 5.39. The summed E-state index contributed by atoms with van der Waals surface area (Å²) in [5, 5.41) is 10.5. The highest BCUT2D eigenvalue weighted by Gasteiger charge is 2.33. The van der Waals surface area contributed by atoms with Crippen LogP contribution in [0.15, 0.2) is 24.3 Å². The maximum atomic E-state index is 10.5. The van der Waals surface area contributed by atoms with Crippen molar-refractivity contribution >= 4 is 0 Å². The van der Waals surface area contributed by atoms with Gasteiger partial charge in [0.2, 0.25) is 0 Å². The lowest BCUT2D eigenvalue weighted by Gasteiger charge is -2.37. The summed E-state index contributed by atoms with van der Waals surface area (Å²) < 4.78 is 6.27. The Balaban J connectivity index is 1.65. The monoisotopic (exact) mass is 274 g/mol. The van der Waals surface area contributed by atoms with Crippen LogP contribution in [0.4, 0.5) is 0 Å². The van der Waals surface area contributed by atoms with Gasteiger partial charge in [-0.3, -0.25) is 0 Å². The van der Waals surface area contributed by atoms with Crippen molar-refractivity contribution in [2.75, 3.05) is 0 Å². The van der Waals surface area contributed by atoms with Gasteiger partial charge in [-0.25, -0.2) is 0 Å². The second kappa shape index (κ2) is 5.87. The first-order valence-electron chi connectivity index (χ1n) is 8.06. The van der Waals surface area contributed by atoms with Crippen molar-refractivity contribution in [2.24, 2.45) is 11.8 Å². The van der Waals surface area contributed by atoms with Crippen molar-refractivity contribution in [3.63, 3.8) is 0 Å². The van der Waals surface area contributed by atoms with E-state index in [4.69, 9.17) is 4.74 Å². The number of ether oxygens (including phenoxy) is 1. The molecule has 0 aliphatic heterocycles. The minimum Gasteiger partial charge on any atom is -0.386 e. The Kier molecular flexibility index (Phi) is 4.13. The summed E-state index contributed by atoms with van der Waals surface area (Å²) in [7, 11) is 0. The Bertz CT molecular complexity index is 456. The van der Waals surface area contributed by atoms with Crippen LogP contribution in [-0.4, -0.2) is 17.3 Å². The number of hydrogen-bond acceptors (Lipinski definition) is 2. The van der Waals surface area contributed by atoms with E-state index >= 15 is 0 Å². The zero-order chi connectivity index (χ0) is 14.1. The Morgan fingerprint density at radius 2 is 1.85 bits per heavy atom. The van der Waals surface area contributed by atoms with Crippen LogP contribution in [0.5, 0.6) is 0 Å². The third-order valence-electron chi connectivity index (χ3n) is 5.34. The average molecular weight is 274 g/mol. The molecule has 5 unspecified atom stereocenters. The van der Waals surface area contributed by atoms with Gasteiger partial charge in [0.05, 0.1) is 12.2 Å². The fourth-order valence-electron chi connectivity index (χ4n) is 3.72. The van der Waals surface area contributed by atoms with E-state index in [1.54, 1.807) is 0 Å². The van der Waals surface area contributed by atoms with Crippen molar-refractivity contribution in [1.82, 2.24) is 0 Å². The van der Waals surface area contributed by atoms with Crippen molar-refractivity contribution in [3.8, 4) is 0 Å². The van der Waals surface area contributed by atoms with Crippen LogP contribution in [0.2, 0.25) is 0 Å². The maximum absolute atomic E-state index is 10.5. The molecule has 0 bridgehead atoms. The summed E-state index contributed by atoms with van der Waals surface area (Å²) in [4.78, 5) is 0. The Labute approximate surface area is 122 Å². The van der Waals surface area contributed by atoms with Gasteiger partial charge in [0, 0.05) is 0 Å². The molecule has 2 nitrogen and oxygen atoms in total. The highest BCUT2D eigenvalue weighted by Crippen LogP contribution is 2.36. The molecule has 1 fully saturated rings. The van der Waals surface area contributed by atoms with Gasteiger partial charge >= 0.3 is 0 Å². The fourth-order valence-corrected chi connectivity index (χ4v) is 3.72. The molecular weight excluding hydrogens is 248 g/mol. The average Bonchev–Trinajstić information content (AvgIpc) is 2.46. The van der Waals surface area contributed by atoms with Crippen molar-refractivity contribution in [3.05, 3.63) is 35.4 Å². The largest absolute Gasteiger partial charge is 0.386 e. The normalized spacial score (nSPS) is 37.5. The minimum absolute atomic E-state index is 0.0180. The van der Waals surface area contributed by atoms with Gasteiger partial charge in [0.25, 0.3) is 0 Å². The second-order valence-electron chi connectivity index (χ2n) is 6.75. The molecular formula is C18H26O2. The molecule has 1 aromatic rings. The van der Waals surface area contributed by atoms with Gasteiger partial charge < -0.3 is 9.84 Å². The Hall–Kier alpha value is -0.860. The van der Waals surface area contributed by atoms with Gasteiger partial charge in [-0.1, -0.05) is 38.1 Å². The van der Waals surface area contributed by atoms with Gasteiger partial charge in [0.1, 0.15) is 6.10 Å². The van der Waals surface area contributed by atoms with Crippen LogP contribution in [-0.2, 0) is 11.2 Å². The second-order valence-corrected chi connectivity index (χ2v) is 6.75. The lowest BCUT2D eigenvalue weighted by Crippen LogP contribution is -2.35. The van der Waals surface area contributed by atoms with E-state index in [0.29, 0.717) is 6.10 Å². The molecule has 0 saturated heterocycles. The predicted octanol–water partition coefficient (Wildman–Crippen LogP) is 3.88. The molecule has 110 valence electrons. The molecule has 0 radical (unpaired) electrons. The molecule has 2 heteroatoms. The SMILES string of the molecule is CC1CCC(OC2CCc3ccccc3C2O)CC1C. The van der Waals surface area contributed by atoms with Crippen LogP contribution in [0.25, 0.3) is 0 Å². The summed E-state index contributed by atoms with van der Waals surface area (Å²) in [6, 6.07) is 8.23. The third kappa shape index (κ3) is 2.77. The van der Waals surface area contributed by atoms with Gasteiger partial charge in [-0.2, -0.15) is 0 Å². The lowest BCUT2D eigenvalue weighted by molar-refractivity contribution is -0.105. The highest BCUT2D eigenvalue weighted by atomic mass is 16.5. The molecule has 3 rings (SSSR count). The lowest BCUT2D eigenvalue weighted by atomic mass is 9.80. The molecule has 1 saturated carbocycles. The van der Waals surface area contributed by atoms with Crippen molar-refractivity contribution in [1.29, 1.82) is 0 Å². The van der Waals surface area contributed by atoms with Gasteiger partial charge in [-0.15, -0.1) is 0 Å². The van der Waals surface area contributed by atoms with E-state index in [1.807, 2.05) is 12.1 Å². The van der Waals surface area contributed by atoms with Crippen LogP contribution in [0.3, 0.4) is 0 Å². The van der Waals surface area contributed by atoms with Crippen molar-refractivity contribution < 1.29 is 9.84 Å². The van der Waals surface area contributed by atoms with E-state index in [1.165, 1.54) is 12.0 Å². The molecule has 5 atom stereocenters. The van der Waals surface area contributed by atoms with E-state index < -0.39 is 6.10 Å². The maximum Gasteiger partial charge on any atom is 0.105 e. The van der Waals surface area contributed by atoms with Crippen LogP contribution in [0.1, 0.15) is 56.8 Å². The Morgan fingerprint density at radius 1 is 1.05 bits per heavy atom. The molecule has 0 heterocycles. The van der Waals surface area contributed by atoms with Crippen LogP contribution < -0.4 is 0 Å². The van der Waals surface area contributed by atoms with E-state index in [0.717, 1.165) is 43.1 Å². The zero-order valence-electron chi connectivity index (χ0n) is 12.6. The summed E-state index contributed by atoms with van der Waals surface area (Å²) in [6.45, 7) is 4.67. The number of aryl methyl sites for hydroxylation is 1. The molecule has 20 heavy (non-hydrogen) atoms. The summed E-state index contributed by atoms with van der Waals surface area (Å²) >= 11 is 0. The molecule has 2 aliphatic carbocycles. The number of hydrogen-bond donors (Lipinski definition) is 1. The Morgan fingerprint density at radius 3 is 2.65 bits per heavy atom. The van der Waals surface area contributed by atoms with Crippen LogP contribution >= 0.6 is 0 Å². The summed E-state index contributed by atoms with van der Waals surface area (Å²) in [5.41, 5.74) is 2.35. The first-order chi connectivity index (χ1) is 9.65. The smallest absolute Gasteiger partial charge is 0.105 e. The number of benzene rings is 1. The molecule has 1 aromatic carbocycles. The highest BCUT2D eigenvalue weighted by molar-refractivity contribution is 5.32. The fraction of sp³-hybridized carbons (Fsp3) is 0.667. The van der Waals surface area contributed by atoms with E-state index in [-0.39, 0.29) is 6.10 Å². The molecule has 0 spiro atoms. The number of aliphatic hydroxyl groups is 1. The topological polar surface area (TPSA) is 29.5 Å². The number of fused-ring (bicyclic) bond motifs is 1. The van der Waals surface area contributed by atoms with Gasteiger partial charge in [-0.05, 0) is 55.1 Å². The minimum atomic E-state index is -0.449. The molecule has 0 amide bonds. The number of rotatable bonds is 2. The van der Waals surface area contributed by atoms with Gasteiger partial charge in [0.15, 0.2) is 0 Å². The standard InChI is InChI=1S/C18H26O2/c1-12-7-9-15(11-13(12)2)20-17-10-8-14-5-3-4-6-16(14)18(17)19/h3-6,12-13,15,17-19H,7-11H2,1-2H3. The van der Waals surface area contributed by atoms with Crippen molar-refractivity contribution in [2.45, 2.75) is 64.3 Å². The first kappa shape index (κ1) is 14.1. The molecule has 2 aliphatic rings. The molecule has 0 aromatic heterocycles. The zero-order valence-corrected chi connectivity index (χ0v) is 12.6. The predicted molar refractivity (Wildman–Crippen MR) is 80.6 cm³/mol. The van der Waals surface area contributed by atoms with Crippen LogP contribution in [0, 0.1) is 11.8 Å². The van der Waals surface area contributed by atoms with E-state index in [2.05, 4.69) is 26.0 Å². The third-order valence-corrected chi connectivity index (χ3v) is 5.34. The summed E-state index contributed by atoms with van der Waals surface area (Å²) in [5.74, 6) is 1.55. The quantitative estimate of drug-likeness (QED) is 0.887. The number of aliphatic hydroxyl groups excluding tert-OH is 1. The van der Waals surface area contributed by atoms with E-state index in [9.17, 15) is 5.11 Å². The first-order valence-corrected chi connectivity index (χ1v) is 8.06. The molecule has 1 N–H and O–H groups in total.